The first-order valence-electron chi connectivity index (χ1n) is 11.0. The minimum absolute atomic E-state index is 0.171. The number of halogens is 1. The van der Waals surface area contributed by atoms with E-state index in [1.54, 1.807) is 30.0 Å². The summed E-state index contributed by atoms with van der Waals surface area (Å²) >= 11 is 8.99. The molecule has 2 rings (SSSR count). The Bertz CT molecular complexity index is 937. The number of esters is 1. The fourth-order valence-electron chi connectivity index (χ4n) is 2.93. The summed E-state index contributed by atoms with van der Waals surface area (Å²) in [5.41, 5.74) is 1.47. The SMILES string of the molecule is CCOC(=O)CCN(Cc1ccccc1)C(=S)NC(=O)c1ccc(OCCC(C)C)c(Br)c1. The lowest BCUT2D eigenvalue weighted by Gasteiger charge is -2.25. The van der Waals surface area contributed by atoms with E-state index in [-0.39, 0.29) is 23.4 Å². The van der Waals surface area contributed by atoms with Gasteiger partial charge in [-0.1, -0.05) is 44.2 Å². The van der Waals surface area contributed by atoms with Gasteiger partial charge in [0, 0.05) is 18.7 Å². The standard InChI is InChI=1S/C25H31BrN2O4S/c1-4-31-23(29)12-14-28(17-19-8-6-5-7-9-19)25(33)27-24(30)20-10-11-22(21(26)16-20)32-15-13-18(2)3/h5-11,16,18H,4,12-15,17H2,1-3H3,(H,27,30,33). The molecule has 33 heavy (non-hydrogen) atoms. The van der Waals surface area contributed by atoms with E-state index >= 15 is 0 Å². The smallest absolute Gasteiger partial charge is 0.307 e. The van der Waals surface area contributed by atoms with Crippen LogP contribution in [0.5, 0.6) is 5.75 Å². The highest BCUT2D eigenvalue weighted by atomic mass is 79.9. The molecule has 0 aliphatic heterocycles. The molecule has 0 aliphatic rings. The molecular weight excluding hydrogens is 504 g/mol. The lowest BCUT2D eigenvalue weighted by Crippen LogP contribution is -2.43. The van der Waals surface area contributed by atoms with E-state index in [1.165, 1.54) is 0 Å². The average Bonchev–Trinajstić information content (AvgIpc) is 2.78. The molecule has 0 saturated heterocycles. The van der Waals surface area contributed by atoms with Crippen molar-refractivity contribution in [2.24, 2.45) is 5.92 Å². The van der Waals surface area contributed by atoms with Crippen LogP contribution in [0.15, 0.2) is 53.0 Å². The van der Waals surface area contributed by atoms with Crippen LogP contribution in [-0.4, -0.2) is 41.6 Å². The van der Waals surface area contributed by atoms with Crippen LogP contribution in [0.4, 0.5) is 0 Å². The topological polar surface area (TPSA) is 67.9 Å². The van der Waals surface area contributed by atoms with E-state index in [4.69, 9.17) is 21.7 Å². The molecule has 2 aromatic rings. The third-order valence-corrected chi connectivity index (χ3v) is 5.74. The van der Waals surface area contributed by atoms with Gasteiger partial charge in [0.05, 0.1) is 24.1 Å². The van der Waals surface area contributed by atoms with Crippen LogP contribution in [0.25, 0.3) is 0 Å². The van der Waals surface area contributed by atoms with E-state index < -0.39 is 0 Å². The first-order chi connectivity index (χ1) is 15.8. The highest BCUT2D eigenvalue weighted by Crippen LogP contribution is 2.26. The Hall–Kier alpha value is -2.45. The molecule has 0 bridgehead atoms. The van der Waals surface area contributed by atoms with Gasteiger partial charge in [0.25, 0.3) is 5.91 Å². The summed E-state index contributed by atoms with van der Waals surface area (Å²) in [7, 11) is 0. The second-order valence-electron chi connectivity index (χ2n) is 7.90. The highest BCUT2D eigenvalue weighted by Gasteiger charge is 2.17. The maximum absolute atomic E-state index is 12.8. The Kier molecular flexibility index (Phi) is 11.3. The molecule has 0 atom stereocenters. The number of ether oxygens (including phenoxy) is 2. The molecular formula is C25H31BrN2O4S. The number of thiocarbonyl (C=S) groups is 1. The second-order valence-corrected chi connectivity index (χ2v) is 9.14. The van der Waals surface area contributed by atoms with Crippen molar-refractivity contribution in [3.05, 3.63) is 64.1 Å². The molecule has 0 radical (unpaired) electrons. The summed E-state index contributed by atoms with van der Waals surface area (Å²) in [6, 6.07) is 14.9. The van der Waals surface area contributed by atoms with Crippen molar-refractivity contribution in [2.45, 2.75) is 40.2 Å². The molecule has 0 aliphatic carbocycles. The van der Waals surface area contributed by atoms with Gasteiger partial charge in [-0.3, -0.25) is 14.9 Å². The Morgan fingerprint density at radius 2 is 1.88 bits per heavy atom. The first kappa shape index (κ1) is 26.8. The van der Waals surface area contributed by atoms with E-state index in [2.05, 4.69) is 35.1 Å². The van der Waals surface area contributed by atoms with Crippen LogP contribution < -0.4 is 10.1 Å². The highest BCUT2D eigenvalue weighted by molar-refractivity contribution is 9.10. The molecule has 0 fully saturated rings. The van der Waals surface area contributed by atoms with Crippen molar-refractivity contribution < 1.29 is 19.1 Å². The fourth-order valence-corrected chi connectivity index (χ4v) is 3.67. The van der Waals surface area contributed by atoms with Crippen molar-refractivity contribution in [3.8, 4) is 5.75 Å². The van der Waals surface area contributed by atoms with Gasteiger partial charge in [0.2, 0.25) is 0 Å². The van der Waals surface area contributed by atoms with Gasteiger partial charge in [0.15, 0.2) is 5.11 Å². The largest absolute Gasteiger partial charge is 0.492 e. The summed E-state index contributed by atoms with van der Waals surface area (Å²) in [6.07, 6.45) is 1.12. The van der Waals surface area contributed by atoms with Gasteiger partial charge in [-0.15, -0.1) is 0 Å². The lowest BCUT2D eigenvalue weighted by molar-refractivity contribution is -0.143. The molecule has 0 saturated carbocycles. The fraction of sp³-hybridized carbons (Fsp3) is 0.400. The van der Waals surface area contributed by atoms with Crippen molar-refractivity contribution in [2.75, 3.05) is 19.8 Å². The van der Waals surface area contributed by atoms with E-state index in [1.807, 2.05) is 30.3 Å². The zero-order chi connectivity index (χ0) is 24.2. The predicted molar refractivity (Wildman–Crippen MR) is 137 cm³/mol. The van der Waals surface area contributed by atoms with Gasteiger partial charge < -0.3 is 14.4 Å². The number of rotatable bonds is 11. The molecule has 178 valence electrons. The van der Waals surface area contributed by atoms with Crippen LogP contribution in [-0.2, 0) is 16.1 Å². The number of carbonyl (C=O) groups is 2. The molecule has 0 heterocycles. The third kappa shape index (κ3) is 9.52. The number of hydrogen-bond donors (Lipinski definition) is 1. The second kappa shape index (κ2) is 14.0. The normalized spacial score (nSPS) is 10.6. The van der Waals surface area contributed by atoms with Crippen LogP contribution >= 0.6 is 28.1 Å². The molecule has 1 N–H and O–H groups in total. The van der Waals surface area contributed by atoms with Gasteiger partial charge >= 0.3 is 5.97 Å². The molecule has 0 unspecified atom stereocenters. The summed E-state index contributed by atoms with van der Waals surface area (Å²) in [5, 5.41) is 3.03. The van der Waals surface area contributed by atoms with Crippen LogP contribution in [0.2, 0.25) is 0 Å². The summed E-state index contributed by atoms with van der Waals surface area (Å²) in [6.45, 7) is 7.78. The minimum Gasteiger partial charge on any atom is -0.492 e. The van der Waals surface area contributed by atoms with Crippen LogP contribution in [0, 0.1) is 5.92 Å². The minimum atomic E-state index is -0.330. The number of nitrogens with zero attached hydrogens (tertiary/aromatic N) is 1. The zero-order valence-corrected chi connectivity index (χ0v) is 21.7. The summed E-state index contributed by atoms with van der Waals surface area (Å²) in [5.74, 6) is 0.609. The number of carbonyl (C=O) groups excluding carboxylic acids is 2. The van der Waals surface area contributed by atoms with Gasteiger partial charge in [-0.05, 0) is 71.2 Å². The monoisotopic (exact) mass is 534 g/mol. The Balaban J connectivity index is 2.04. The Morgan fingerprint density at radius 1 is 1.15 bits per heavy atom. The van der Waals surface area contributed by atoms with Gasteiger partial charge in [-0.25, -0.2) is 0 Å². The molecule has 1 amide bonds. The van der Waals surface area contributed by atoms with Crippen LogP contribution in [0.3, 0.4) is 0 Å². The molecule has 0 aromatic heterocycles. The van der Waals surface area contributed by atoms with Gasteiger partial charge in [0.1, 0.15) is 5.75 Å². The van der Waals surface area contributed by atoms with Crippen molar-refractivity contribution >= 4 is 45.1 Å². The quantitative estimate of drug-likeness (QED) is 0.309. The summed E-state index contributed by atoms with van der Waals surface area (Å²) in [4.78, 5) is 26.5. The van der Waals surface area contributed by atoms with Crippen molar-refractivity contribution in [1.29, 1.82) is 0 Å². The predicted octanol–water partition coefficient (Wildman–Crippen LogP) is 5.34. The molecule has 2 aromatic carbocycles. The van der Waals surface area contributed by atoms with E-state index in [0.717, 1.165) is 12.0 Å². The number of amides is 1. The van der Waals surface area contributed by atoms with Gasteiger partial charge in [-0.2, -0.15) is 0 Å². The Labute approximate surface area is 209 Å². The maximum atomic E-state index is 12.8. The summed E-state index contributed by atoms with van der Waals surface area (Å²) < 4.78 is 11.5. The van der Waals surface area contributed by atoms with Crippen molar-refractivity contribution in [3.63, 3.8) is 0 Å². The Morgan fingerprint density at radius 3 is 2.52 bits per heavy atom. The third-order valence-electron chi connectivity index (χ3n) is 4.76. The van der Waals surface area contributed by atoms with Crippen molar-refractivity contribution in [1.82, 2.24) is 10.2 Å². The lowest BCUT2D eigenvalue weighted by atomic mass is 10.1. The van der Waals surface area contributed by atoms with E-state index in [9.17, 15) is 9.59 Å². The van der Waals surface area contributed by atoms with Crippen LogP contribution in [0.1, 0.15) is 49.5 Å². The molecule has 8 heteroatoms. The molecule has 0 spiro atoms. The molecule has 6 nitrogen and oxygen atoms in total. The number of benzene rings is 2. The maximum Gasteiger partial charge on any atom is 0.307 e. The average molecular weight is 536 g/mol. The number of hydrogen-bond acceptors (Lipinski definition) is 5. The zero-order valence-electron chi connectivity index (χ0n) is 19.3. The number of nitrogens with one attached hydrogen (secondary N) is 1. The van der Waals surface area contributed by atoms with E-state index in [0.29, 0.717) is 48.0 Å². The first-order valence-corrected chi connectivity index (χ1v) is 12.2.